The largest absolute Gasteiger partial charge is 0.465 e. The molecule has 0 fully saturated rings. The van der Waals surface area contributed by atoms with E-state index in [0.29, 0.717) is 13.0 Å². The van der Waals surface area contributed by atoms with Crippen LogP contribution in [0.25, 0.3) is 0 Å². The summed E-state index contributed by atoms with van der Waals surface area (Å²) in [6, 6.07) is 0. The molecule has 0 aliphatic carbocycles. The summed E-state index contributed by atoms with van der Waals surface area (Å²) in [5.41, 5.74) is 0. The number of hydroxylamine groups is 2. The Labute approximate surface area is 337 Å². The lowest BCUT2D eigenvalue weighted by Crippen LogP contribution is -2.30. The highest BCUT2D eigenvalue weighted by molar-refractivity contribution is 5.72. The first kappa shape index (κ1) is 52.3. The number of hydrogen-bond donors (Lipinski definition) is 0. The number of carbonyl (C=O) groups is 2. The fraction of sp³-hybridized carbons (Fsp3) is 0.875. The van der Waals surface area contributed by atoms with Crippen molar-refractivity contribution in [1.82, 2.24) is 9.96 Å². The average molecular weight is 761 g/mol. The molecular formula is C48H92N2O4. The fourth-order valence-corrected chi connectivity index (χ4v) is 6.97. The molecule has 0 rings (SSSR count). The van der Waals surface area contributed by atoms with E-state index in [1.54, 1.807) is 0 Å². The first-order chi connectivity index (χ1) is 26.4. The van der Waals surface area contributed by atoms with E-state index in [1.807, 2.05) is 19.2 Å². The lowest BCUT2D eigenvalue weighted by atomic mass is 9.94. The summed E-state index contributed by atoms with van der Waals surface area (Å²) in [5.74, 6) is 0.0472. The third-order valence-electron chi connectivity index (χ3n) is 10.5. The van der Waals surface area contributed by atoms with Crippen molar-refractivity contribution in [3.8, 4) is 0 Å². The van der Waals surface area contributed by atoms with E-state index in [2.05, 4.69) is 50.0 Å². The van der Waals surface area contributed by atoms with E-state index >= 15 is 0 Å². The minimum atomic E-state index is -0.0957. The van der Waals surface area contributed by atoms with Gasteiger partial charge in [0.2, 0.25) is 0 Å². The Morgan fingerprint density at radius 1 is 0.500 bits per heavy atom. The molecule has 54 heavy (non-hydrogen) atoms. The van der Waals surface area contributed by atoms with Gasteiger partial charge in [-0.1, -0.05) is 173 Å². The van der Waals surface area contributed by atoms with Gasteiger partial charge in [0.25, 0.3) is 0 Å². The fourth-order valence-electron chi connectivity index (χ4n) is 6.97. The van der Waals surface area contributed by atoms with Gasteiger partial charge in [-0.3, -0.25) is 9.59 Å². The Morgan fingerprint density at radius 3 is 1.50 bits per heavy atom. The summed E-state index contributed by atoms with van der Waals surface area (Å²) in [7, 11) is 4.08. The van der Waals surface area contributed by atoms with Gasteiger partial charge in [-0.05, 0) is 91.3 Å². The van der Waals surface area contributed by atoms with Gasteiger partial charge in [-0.2, -0.15) is 0 Å². The van der Waals surface area contributed by atoms with Crippen molar-refractivity contribution in [2.45, 2.75) is 226 Å². The Kier molecular flexibility index (Phi) is 41.2. The summed E-state index contributed by atoms with van der Waals surface area (Å²) < 4.78 is 5.80. The number of carbonyl (C=O) groups excluding carboxylic acids is 2. The molecule has 0 aliphatic rings. The van der Waals surface area contributed by atoms with Crippen LogP contribution in [-0.2, 0) is 19.2 Å². The van der Waals surface area contributed by atoms with Crippen molar-refractivity contribution in [3.63, 3.8) is 0 Å². The van der Waals surface area contributed by atoms with Gasteiger partial charge in [0.1, 0.15) is 0 Å². The second-order valence-electron chi connectivity index (χ2n) is 16.3. The molecule has 6 nitrogen and oxygen atoms in total. The quantitative estimate of drug-likeness (QED) is 0.0267. The molecule has 0 saturated carbocycles. The SMILES string of the molecule is CCCCC/C=C\C/C=C\CCCCCCCCN(CCCCCCCCOC(=O)C(CCCCCC)CCCCCCCC)OC(=O)CCCN(C)C. The summed E-state index contributed by atoms with van der Waals surface area (Å²) in [6.45, 7) is 9.86. The maximum Gasteiger partial charge on any atom is 0.325 e. The van der Waals surface area contributed by atoms with Crippen molar-refractivity contribution >= 4 is 11.9 Å². The van der Waals surface area contributed by atoms with Crippen LogP contribution in [0.5, 0.6) is 0 Å². The predicted octanol–water partition coefficient (Wildman–Crippen LogP) is 14.1. The second kappa shape index (κ2) is 42.5. The Hall–Kier alpha value is -1.66. The smallest absolute Gasteiger partial charge is 0.325 e. The molecule has 0 aromatic carbocycles. The monoisotopic (exact) mass is 761 g/mol. The van der Waals surface area contributed by atoms with Crippen LogP contribution >= 0.6 is 0 Å². The van der Waals surface area contributed by atoms with E-state index in [-0.39, 0.29) is 17.9 Å². The molecule has 318 valence electrons. The molecule has 0 amide bonds. The van der Waals surface area contributed by atoms with Crippen molar-refractivity contribution in [2.24, 2.45) is 5.92 Å². The van der Waals surface area contributed by atoms with Crippen molar-refractivity contribution < 1.29 is 19.2 Å². The number of ether oxygens (including phenoxy) is 1. The first-order valence-electron chi connectivity index (χ1n) is 23.5. The molecule has 1 atom stereocenters. The van der Waals surface area contributed by atoms with Crippen LogP contribution < -0.4 is 0 Å². The van der Waals surface area contributed by atoms with Crippen LogP contribution in [0.2, 0.25) is 0 Å². The van der Waals surface area contributed by atoms with Crippen LogP contribution in [0.3, 0.4) is 0 Å². The van der Waals surface area contributed by atoms with Gasteiger partial charge in [0, 0.05) is 19.5 Å². The zero-order chi connectivity index (χ0) is 39.6. The number of nitrogens with zero attached hydrogens (tertiary/aromatic N) is 2. The minimum absolute atomic E-state index is 0.0521. The maximum atomic E-state index is 12.9. The number of hydrogen-bond acceptors (Lipinski definition) is 6. The van der Waals surface area contributed by atoms with Crippen LogP contribution in [0.15, 0.2) is 24.3 Å². The second-order valence-corrected chi connectivity index (χ2v) is 16.3. The molecule has 0 spiro atoms. The zero-order valence-corrected chi connectivity index (χ0v) is 36.9. The van der Waals surface area contributed by atoms with Crippen LogP contribution in [0, 0.1) is 5.92 Å². The van der Waals surface area contributed by atoms with E-state index in [0.717, 1.165) is 96.7 Å². The molecule has 0 aliphatic heterocycles. The highest BCUT2D eigenvalue weighted by atomic mass is 16.7. The van der Waals surface area contributed by atoms with E-state index in [9.17, 15) is 9.59 Å². The molecule has 6 heteroatoms. The topological polar surface area (TPSA) is 59.1 Å². The van der Waals surface area contributed by atoms with Gasteiger partial charge in [-0.25, -0.2) is 0 Å². The number of unbranched alkanes of at least 4 members (excludes halogenated alkanes) is 22. The van der Waals surface area contributed by atoms with E-state index in [4.69, 9.17) is 9.57 Å². The summed E-state index contributed by atoms with van der Waals surface area (Å²) in [5, 5.41) is 1.95. The maximum absolute atomic E-state index is 12.9. The van der Waals surface area contributed by atoms with E-state index < -0.39 is 0 Å². The van der Waals surface area contributed by atoms with Crippen molar-refractivity contribution in [1.29, 1.82) is 0 Å². The molecule has 0 heterocycles. The normalized spacial score (nSPS) is 12.5. The Bertz CT molecular complexity index is 858. The minimum Gasteiger partial charge on any atom is -0.465 e. The highest BCUT2D eigenvalue weighted by Gasteiger charge is 2.19. The molecular weight excluding hydrogens is 669 g/mol. The molecule has 0 radical (unpaired) electrons. The molecule has 0 saturated heterocycles. The van der Waals surface area contributed by atoms with Crippen LogP contribution in [-0.4, -0.2) is 62.2 Å². The lowest BCUT2D eigenvalue weighted by molar-refractivity contribution is -0.191. The zero-order valence-electron chi connectivity index (χ0n) is 36.9. The predicted molar refractivity (Wildman–Crippen MR) is 234 cm³/mol. The summed E-state index contributed by atoms with van der Waals surface area (Å²) >= 11 is 0. The van der Waals surface area contributed by atoms with Gasteiger partial charge in [0.15, 0.2) is 0 Å². The average Bonchev–Trinajstić information content (AvgIpc) is 3.15. The molecule has 0 bridgehead atoms. The third kappa shape index (κ3) is 38.6. The van der Waals surface area contributed by atoms with E-state index in [1.165, 1.54) is 122 Å². The number of esters is 1. The van der Waals surface area contributed by atoms with Crippen LogP contribution in [0.4, 0.5) is 0 Å². The summed E-state index contributed by atoms with van der Waals surface area (Å²) in [6.07, 6.45) is 46.4. The molecule has 0 N–H and O–H groups in total. The number of rotatable bonds is 42. The summed E-state index contributed by atoms with van der Waals surface area (Å²) in [4.78, 5) is 33.5. The van der Waals surface area contributed by atoms with Gasteiger partial charge < -0.3 is 14.5 Å². The van der Waals surface area contributed by atoms with Crippen molar-refractivity contribution in [3.05, 3.63) is 24.3 Å². The van der Waals surface area contributed by atoms with Gasteiger partial charge in [-0.15, -0.1) is 5.06 Å². The van der Waals surface area contributed by atoms with Gasteiger partial charge in [0.05, 0.1) is 12.5 Å². The lowest BCUT2D eigenvalue weighted by Gasteiger charge is -2.21. The van der Waals surface area contributed by atoms with Crippen molar-refractivity contribution in [2.75, 3.05) is 40.3 Å². The Morgan fingerprint density at radius 2 is 0.944 bits per heavy atom. The standard InChI is InChI=1S/C48H92N2O4/c1-6-9-12-15-17-18-19-20-21-22-23-24-25-26-30-35-43-50(54-47(51)41-38-42-49(4)5)44-36-31-27-28-32-37-45-53-48(52)46(39-33-14-11-8-3)40-34-29-16-13-10-7-2/h17-18,20-21,46H,6-16,19,22-45H2,1-5H3/b18-17-,21-20-. The molecule has 1 unspecified atom stereocenters. The van der Waals surface area contributed by atoms with Crippen LogP contribution in [0.1, 0.15) is 226 Å². The van der Waals surface area contributed by atoms with Gasteiger partial charge >= 0.3 is 11.9 Å². The third-order valence-corrected chi connectivity index (χ3v) is 10.5. The first-order valence-corrected chi connectivity index (χ1v) is 23.5. The molecule has 0 aromatic rings. The number of allylic oxidation sites excluding steroid dienone is 4. The molecule has 0 aromatic heterocycles. The Balaban J connectivity index is 4.28. The highest BCUT2D eigenvalue weighted by Crippen LogP contribution is 2.21.